The predicted molar refractivity (Wildman–Crippen MR) is 98.8 cm³/mol. The monoisotopic (exact) mass is 376 g/mol. The van der Waals surface area contributed by atoms with Gasteiger partial charge in [0.15, 0.2) is 11.6 Å². The first kappa shape index (κ1) is 20.2. The minimum Gasteiger partial charge on any atom is -0.488 e. The summed E-state index contributed by atoms with van der Waals surface area (Å²) in [4.78, 5) is 22.7. The highest BCUT2D eigenvalue weighted by Gasteiger charge is 2.08. The van der Waals surface area contributed by atoms with Gasteiger partial charge < -0.3 is 25.2 Å². The minimum absolute atomic E-state index is 0.00767. The number of nitrogens with one attached hydrogen (secondary N) is 2. The maximum Gasteiger partial charge on any atom is 0.323 e. The molecule has 0 spiro atoms. The van der Waals surface area contributed by atoms with Crippen molar-refractivity contribution in [1.29, 1.82) is 0 Å². The summed E-state index contributed by atoms with van der Waals surface area (Å²) in [6, 6.07) is 10.4. The van der Waals surface area contributed by atoms with Gasteiger partial charge in [0.2, 0.25) is 0 Å². The number of aryl methyl sites for hydroxylation is 1. The van der Waals surface area contributed by atoms with Crippen molar-refractivity contribution in [2.24, 2.45) is 0 Å². The van der Waals surface area contributed by atoms with Crippen molar-refractivity contribution in [3.05, 3.63) is 53.8 Å². The van der Waals surface area contributed by atoms with E-state index in [0.717, 1.165) is 11.6 Å². The normalized spacial score (nSPS) is 10.3. The Morgan fingerprint density at radius 3 is 2.48 bits per heavy atom. The predicted octanol–water partition coefficient (Wildman–Crippen LogP) is 3.51. The minimum atomic E-state index is -0.886. The van der Waals surface area contributed by atoms with Gasteiger partial charge in [0, 0.05) is 31.0 Å². The molecule has 2 amide bonds. The lowest BCUT2D eigenvalue weighted by Crippen LogP contribution is -2.19. The third-order valence-corrected chi connectivity index (χ3v) is 3.55. The van der Waals surface area contributed by atoms with Crippen LogP contribution < -0.4 is 15.4 Å². The van der Waals surface area contributed by atoms with E-state index in [1.54, 1.807) is 24.3 Å². The second-order valence-corrected chi connectivity index (χ2v) is 5.66. The summed E-state index contributed by atoms with van der Waals surface area (Å²) in [5.41, 5.74) is 1.57. The number of halogens is 1. The lowest BCUT2D eigenvalue weighted by atomic mass is 10.1. The molecular formula is C19H21FN2O5. The van der Waals surface area contributed by atoms with E-state index >= 15 is 0 Å². The molecule has 2 aromatic carbocycles. The van der Waals surface area contributed by atoms with Crippen LogP contribution in [0.5, 0.6) is 5.75 Å². The Balaban J connectivity index is 1.92. The number of anilines is 2. The van der Waals surface area contributed by atoms with Gasteiger partial charge in [-0.25, -0.2) is 9.18 Å². The number of carboxylic acid groups (broad SMARTS) is 1. The number of carbonyl (C=O) groups is 2. The Labute approximate surface area is 156 Å². The number of hydrogen-bond donors (Lipinski definition) is 3. The fraction of sp³-hybridized carbons (Fsp3) is 0.263. The van der Waals surface area contributed by atoms with Crippen LogP contribution in [-0.2, 0) is 16.0 Å². The van der Waals surface area contributed by atoms with Crippen LogP contribution in [0.4, 0.5) is 20.6 Å². The average Bonchev–Trinajstić information content (AvgIpc) is 2.62. The van der Waals surface area contributed by atoms with Gasteiger partial charge >= 0.3 is 12.0 Å². The maximum atomic E-state index is 14.0. The van der Waals surface area contributed by atoms with Gasteiger partial charge in [-0.1, -0.05) is 12.1 Å². The van der Waals surface area contributed by atoms with E-state index in [-0.39, 0.29) is 24.5 Å². The summed E-state index contributed by atoms with van der Waals surface area (Å²) >= 11 is 0. The lowest BCUT2D eigenvalue weighted by molar-refractivity contribution is -0.136. The molecule has 0 unspecified atom stereocenters. The van der Waals surface area contributed by atoms with E-state index in [9.17, 15) is 14.0 Å². The number of urea groups is 1. The van der Waals surface area contributed by atoms with Crippen LogP contribution >= 0.6 is 0 Å². The maximum absolute atomic E-state index is 14.0. The zero-order valence-corrected chi connectivity index (χ0v) is 14.8. The van der Waals surface area contributed by atoms with Gasteiger partial charge in [-0.2, -0.15) is 0 Å². The second kappa shape index (κ2) is 10.1. The smallest absolute Gasteiger partial charge is 0.323 e. The molecule has 2 rings (SSSR count). The summed E-state index contributed by atoms with van der Waals surface area (Å²) < 4.78 is 24.0. The number of hydrogen-bond acceptors (Lipinski definition) is 4. The van der Waals surface area contributed by atoms with Crippen molar-refractivity contribution in [2.45, 2.75) is 12.8 Å². The van der Waals surface area contributed by atoms with E-state index < -0.39 is 17.8 Å². The SMILES string of the molecule is COCCOc1ccc(NC(=O)Nc2cccc(CCC(=O)O)c2)cc1F. The molecule has 0 bridgehead atoms. The Morgan fingerprint density at radius 1 is 1.07 bits per heavy atom. The van der Waals surface area contributed by atoms with Crippen LogP contribution in [0.15, 0.2) is 42.5 Å². The van der Waals surface area contributed by atoms with Gasteiger partial charge in [0.1, 0.15) is 6.61 Å². The first-order valence-corrected chi connectivity index (χ1v) is 8.28. The topological polar surface area (TPSA) is 96.9 Å². The molecule has 144 valence electrons. The molecule has 27 heavy (non-hydrogen) atoms. The number of ether oxygens (including phenoxy) is 2. The number of methoxy groups -OCH3 is 1. The van der Waals surface area contributed by atoms with Gasteiger partial charge in [-0.05, 0) is 36.2 Å². The standard InChI is InChI=1S/C19H21FN2O5/c1-26-9-10-27-17-7-6-15(12-16(17)20)22-19(25)21-14-4-2-3-13(11-14)5-8-18(23)24/h2-4,6-7,11-12H,5,8-10H2,1H3,(H,23,24)(H2,21,22,25). The Morgan fingerprint density at radius 2 is 1.81 bits per heavy atom. The molecule has 0 aromatic heterocycles. The molecule has 0 aliphatic carbocycles. The van der Waals surface area contributed by atoms with E-state index in [2.05, 4.69) is 10.6 Å². The zero-order valence-electron chi connectivity index (χ0n) is 14.8. The largest absolute Gasteiger partial charge is 0.488 e. The van der Waals surface area contributed by atoms with Crippen molar-refractivity contribution in [2.75, 3.05) is 31.0 Å². The number of carboxylic acids is 1. The Bertz CT molecular complexity index is 797. The van der Waals surface area contributed by atoms with Crippen LogP contribution in [0, 0.1) is 5.82 Å². The molecule has 0 atom stereocenters. The van der Waals surface area contributed by atoms with Gasteiger partial charge in [0.05, 0.1) is 6.61 Å². The highest BCUT2D eigenvalue weighted by atomic mass is 19.1. The summed E-state index contributed by atoms with van der Waals surface area (Å²) in [6.07, 6.45) is 0.371. The van der Waals surface area contributed by atoms with Gasteiger partial charge in [0.25, 0.3) is 0 Å². The van der Waals surface area contributed by atoms with Gasteiger partial charge in [-0.3, -0.25) is 4.79 Å². The Hall–Kier alpha value is -3.13. The molecule has 0 radical (unpaired) electrons. The molecule has 0 saturated heterocycles. The van der Waals surface area contributed by atoms with Crippen LogP contribution in [0.3, 0.4) is 0 Å². The molecule has 3 N–H and O–H groups in total. The van der Waals surface area contributed by atoms with E-state index in [1.165, 1.54) is 19.2 Å². The van der Waals surface area contributed by atoms with Crippen molar-refractivity contribution >= 4 is 23.4 Å². The molecule has 7 nitrogen and oxygen atoms in total. The highest BCUT2D eigenvalue weighted by Crippen LogP contribution is 2.21. The van der Waals surface area contributed by atoms with Crippen molar-refractivity contribution in [3.63, 3.8) is 0 Å². The summed E-state index contributed by atoms with van der Waals surface area (Å²) in [6.45, 7) is 0.562. The van der Waals surface area contributed by atoms with Crippen LogP contribution in [0.1, 0.15) is 12.0 Å². The van der Waals surface area contributed by atoms with E-state index in [1.807, 2.05) is 0 Å². The summed E-state index contributed by atoms with van der Waals surface area (Å²) in [5.74, 6) is -1.41. The van der Waals surface area contributed by atoms with Crippen LogP contribution in [0.25, 0.3) is 0 Å². The molecule has 2 aromatic rings. The number of carbonyl (C=O) groups excluding carboxylic acids is 1. The van der Waals surface area contributed by atoms with Crippen LogP contribution in [0.2, 0.25) is 0 Å². The van der Waals surface area contributed by atoms with Crippen molar-refractivity contribution in [3.8, 4) is 5.75 Å². The number of amides is 2. The fourth-order valence-corrected chi connectivity index (χ4v) is 2.28. The Kier molecular flexibility index (Phi) is 7.57. The number of benzene rings is 2. The average molecular weight is 376 g/mol. The third kappa shape index (κ3) is 6.95. The molecule has 0 heterocycles. The molecule has 0 fully saturated rings. The van der Waals surface area contributed by atoms with E-state index in [0.29, 0.717) is 18.7 Å². The summed E-state index contributed by atoms with van der Waals surface area (Å²) in [5, 5.41) is 13.9. The van der Waals surface area contributed by atoms with E-state index in [4.69, 9.17) is 14.6 Å². The van der Waals surface area contributed by atoms with Gasteiger partial charge in [-0.15, -0.1) is 0 Å². The quantitative estimate of drug-likeness (QED) is 0.582. The lowest BCUT2D eigenvalue weighted by Gasteiger charge is -2.11. The molecule has 0 aliphatic rings. The van der Waals surface area contributed by atoms with Crippen molar-refractivity contribution < 1.29 is 28.6 Å². The zero-order chi connectivity index (χ0) is 19.6. The molecular weight excluding hydrogens is 355 g/mol. The number of aliphatic carboxylic acids is 1. The highest BCUT2D eigenvalue weighted by molar-refractivity contribution is 5.99. The summed E-state index contributed by atoms with van der Waals surface area (Å²) in [7, 11) is 1.52. The molecule has 0 aliphatic heterocycles. The van der Waals surface area contributed by atoms with Crippen molar-refractivity contribution in [1.82, 2.24) is 0 Å². The first-order chi connectivity index (χ1) is 13.0. The molecule has 8 heteroatoms. The third-order valence-electron chi connectivity index (χ3n) is 3.55. The first-order valence-electron chi connectivity index (χ1n) is 8.28. The second-order valence-electron chi connectivity index (χ2n) is 5.66. The number of rotatable bonds is 9. The van der Waals surface area contributed by atoms with Crippen LogP contribution in [-0.4, -0.2) is 37.4 Å². The fourth-order valence-electron chi connectivity index (χ4n) is 2.28. The molecule has 0 saturated carbocycles.